The minimum Gasteiger partial charge on any atom is -0.396 e. The van der Waals surface area contributed by atoms with Crippen LogP contribution in [0.3, 0.4) is 0 Å². The molecule has 0 bridgehead atoms. The molecule has 1 aliphatic carbocycles. The second-order valence-corrected chi connectivity index (χ2v) is 5.50. The third-order valence-corrected chi connectivity index (χ3v) is 4.11. The van der Waals surface area contributed by atoms with E-state index < -0.39 is 0 Å². The fourth-order valence-electron chi connectivity index (χ4n) is 2.82. The molecule has 1 aliphatic rings. The average molecular weight is 251 g/mol. The molecule has 1 fully saturated rings. The van der Waals surface area contributed by atoms with Crippen molar-refractivity contribution in [3.63, 3.8) is 0 Å². The van der Waals surface area contributed by atoms with Crippen LogP contribution in [-0.4, -0.2) is 18.3 Å². The highest BCUT2D eigenvalue weighted by atomic mass is 19.1. The first-order valence-corrected chi connectivity index (χ1v) is 6.77. The van der Waals surface area contributed by atoms with Crippen LogP contribution >= 0.6 is 0 Å². The minimum absolute atomic E-state index is 0.0625. The smallest absolute Gasteiger partial charge is 0.146 e. The maximum atomic E-state index is 13.7. The largest absolute Gasteiger partial charge is 0.396 e. The molecular weight excluding hydrogens is 229 g/mol. The van der Waals surface area contributed by atoms with E-state index in [-0.39, 0.29) is 17.8 Å². The summed E-state index contributed by atoms with van der Waals surface area (Å²) in [4.78, 5) is 0. The van der Waals surface area contributed by atoms with Crippen molar-refractivity contribution in [3.05, 3.63) is 29.6 Å². The van der Waals surface area contributed by atoms with Crippen LogP contribution in [0.2, 0.25) is 0 Å². The molecule has 1 aromatic rings. The molecule has 0 radical (unpaired) electrons. The van der Waals surface area contributed by atoms with Gasteiger partial charge in [0.2, 0.25) is 0 Å². The van der Waals surface area contributed by atoms with Gasteiger partial charge in [-0.2, -0.15) is 0 Å². The number of hydrogen-bond acceptors (Lipinski definition) is 2. The van der Waals surface area contributed by atoms with E-state index in [4.69, 9.17) is 0 Å². The van der Waals surface area contributed by atoms with Gasteiger partial charge in [-0.3, -0.25) is 0 Å². The second kappa shape index (κ2) is 5.70. The Balaban J connectivity index is 2.05. The van der Waals surface area contributed by atoms with Gasteiger partial charge in [0.25, 0.3) is 0 Å². The Morgan fingerprint density at radius 1 is 1.28 bits per heavy atom. The van der Waals surface area contributed by atoms with Crippen LogP contribution in [0, 0.1) is 18.2 Å². The first kappa shape index (κ1) is 13.3. The summed E-state index contributed by atoms with van der Waals surface area (Å²) in [5, 5.41) is 12.8. The van der Waals surface area contributed by atoms with Crippen molar-refractivity contribution in [2.75, 3.05) is 18.5 Å². The van der Waals surface area contributed by atoms with E-state index in [1.807, 2.05) is 13.0 Å². The van der Waals surface area contributed by atoms with Gasteiger partial charge >= 0.3 is 0 Å². The average Bonchev–Trinajstić information content (AvgIpc) is 2.39. The van der Waals surface area contributed by atoms with Gasteiger partial charge in [-0.05, 0) is 31.4 Å². The number of rotatable bonds is 4. The summed E-state index contributed by atoms with van der Waals surface area (Å²) in [7, 11) is 0. The summed E-state index contributed by atoms with van der Waals surface area (Å²) in [6, 6.07) is 5.10. The van der Waals surface area contributed by atoms with E-state index in [0.29, 0.717) is 12.2 Å². The van der Waals surface area contributed by atoms with Gasteiger partial charge in [-0.1, -0.05) is 31.4 Å². The first-order valence-electron chi connectivity index (χ1n) is 6.77. The lowest BCUT2D eigenvalue weighted by Gasteiger charge is -2.36. The van der Waals surface area contributed by atoms with Crippen LogP contribution < -0.4 is 5.32 Å². The molecule has 0 spiro atoms. The summed E-state index contributed by atoms with van der Waals surface area (Å²) >= 11 is 0. The molecule has 0 heterocycles. The Bertz CT molecular complexity index is 379. The van der Waals surface area contributed by atoms with Gasteiger partial charge in [-0.15, -0.1) is 0 Å². The highest BCUT2D eigenvalue weighted by Crippen LogP contribution is 2.36. The number of aryl methyl sites for hydroxylation is 1. The molecule has 0 atom stereocenters. The van der Waals surface area contributed by atoms with Crippen molar-refractivity contribution < 1.29 is 9.50 Å². The molecule has 1 saturated carbocycles. The predicted molar refractivity (Wildman–Crippen MR) is 72.2 cm³/mol. The van der Waals surface area contributed by atoms with E-state index in [1.54, 1.807) is 6.07 Å². The standard InChI is InChI=1S/C15H22FNO/c1-12-6-5-7-13(16)14(12)17-10-15(11-18)8-3-2-4-9-15/h5-7,17-18H,2-4,8-11H2,1H3. The molecule has 0 amide bonds. The van der Waals surface area contributed by atoms with Crippen molar-refractivity contribution in [3.8, 4) is 0 Å². The lowest BCUT2D eigenvalue weighted by atomic mass is 9.74. The predicted octanol–water partition coefficient (Wildman–Crippen LogP) is 3.49. The minimum atomic E-state index is -0.209. The summed E-state index contributed by atoms with van der Waals surface area (Å²) in [6.45, 7) is 2.75. The van der Waals surface area contributed by atoms with Crippen LogP contribution in [0.1, 0.15) is 37.7 Å². The maximum absolute atomic E-state index is 13.7. The van der Waals surface area contributed by atoms with Gasteiger partial charge in [0.05, 0.1) is 12.3 Å². The molecule has 0 unspecified atom stereocenters. The fraction of sp³-hybridized carbons (Fsp3) is 0.600. The van der Waals surface area contributed by atoms with Crippen molar-refractivity contribution in [2.45, 2.75) is 39.0 Å². The third-order valence-electron chi connectivity index (χ3n) is 4.11. The lowest BCUT2D eigenvalue weighted by Crippen LogP contribution is -2.35. The maximum Gasteiger partial charge on any atom is 0.146 e. The Kier molecular flexibility index (Phi) is 4.23. The highest BCUT2D eigenvalue weighted by Gasteiger charge is 2.31. The van der Waals surface area contributed by atoms with Crippen LogP contribution in [0.4, 0.5) is 10.1 Å². The van der Waals surface area contributed by atoms with Crippen molar-refractivity contribution in [1.82, 2.24) is 0 Å². The molecule has 0 aliphatic heterocycles. The van der Waals surface area contributed by atoms with Crippen LogP contribution in [0.5, 0.6) is 0 Å². The monoisotopic (exact) mass is 251 g/mol. The number of para-hydroxylation sites is 1. The van der Waals surface area contributed by atoms with E-state index in [0.717, 1.165) is 18.4 Å². The van der Waals surface area contributed by atoms with E-state index in [9.17, 15) is 9.50 Å². The molecule has 100 valence electrons. The van der Waals surface area contributed by atoms with Gasteiger partial charge < -0.3 is 10.4 Å². The third kappa shape index (κ3) is 2.83. The van der Waals surface area contributed by atoms with Crippen molar-refractivity contribution >= 4 is 5.69 Å². The van der Waals surface area contributed by atoms with Gasteiger partial charge in [0.1, 0.15) is 5.82 Å². The lowest BCUT2D eigenvalue weighted by molar-refractivity contribution is 0.0943. The number of aliphatic hydroxyl groups excluding tert-OH is 1. The van der Waals surface area contributed by atoms with Gasteiger partial charge in [-0.25, -0.2) is 4.39 Å². The molecule has 2 N–H and O–H groups in total. The normalized spacial score (nSPS) is 18.6. The Labute approximate surface area is 108 Å². The van der Waals surface area contributed by atoms with E-state index in [2.05, 4.69) is 5.32 Å². The fourth-order valence-corrected chi connectivity index (χ4v) is 2.82. The number of halogens is 1. The van der Waals surface area contributed by atoms with Crippen LogP contribution in [0.15, 0.2) is 18.2 Å². The second-order valence-electron chi connectivity index (χ2n) is 5.50. The molecule has 0 aromatic heterocycles. The topological polar surface area (TPSA) is 32.3 Å². The molecular formula is C15H22FNO. The zero-order valence-electron chi connectivity index (χ0n) is 11.0. The number of hydrogen-bond donors (Lipinski definition) is 2. The summed E-state index contributed by atoms with van der Waals surface area (Å²) < 4.78 is 13.7. The molecule has 0 saturated heterocycles. The van der Waals surface area contributed by atoms with Crippen LogP contribution in [0.25, 0.3) is 0 Å². The van der Waals surface area contributed by atoms with E-state index in [1.165, 1.54) is 25.3 Å². The quantitative estimate of drug-likeness (QED) is 0.858. The number of anilines is 1. The molecule has 3 heteroatoms. The van der Waals surface area contributed by atoms with Crippen molar-refractivity contribution in [1.29, 1.82) is 0 Å². The Morgan fingerprint density at radius 3 is 2.61 bits per heavy atom. The first-order chi connectivity index (χ1) is 8.67. The van der Waals surface area contributed by atoms with Gasteiger partial charge in [0.15, 0.2) is 0 Å². The van der Waals surface area contributed by atoms with Gasteiger partial charge in [0, 0.05) is 12.0 Å². The molecule has 1 aromatic carbocycles. The number of nitrogens with one attached hydrogen (secondary N) is 1. The summed E-state index contributed by atoms with van der Waals surface area (Å²) in [5.41, 5.74) is 1.43. The highest BCUT2D eigenvalue weighted by molar-refractivity contribution is 5.51. The SMILES string of the molecule is Cc1cccc(F)c1NCC1(CO)CCCCC1. The van der Waals surface area contributed by atoms with E-state index >= 15 is 0 Å². The Morgan fingerprint density at radius 2 is 2.00 bits per heavy atom. The Hall–Kier alpha value is -1.09. The molecule has 2 nitrogen and oxygen atoms in total. The summed E-state index contributed by atoms with van der Waals surface area (Å²) in [6.07, 6.45) is 5.64. The summed E-state index contributed by atoms with van der Waals surface area (Å²) in [5.74, 6) is -0.209. The zero-order chi connectivity index (χ0) is 13.0. The number of benzene rings is 1. The molecule has 2 rings (SSSR count). The number of aliphatic hydroxyl groups is 1. The van der Waals surface area contributed by atoms with Crippen LogP contribution in [-0.2, 0) is 0 Å². The molecule has 18 heavy (non-hydrogen) atoms. The zero-order valence-corrected chi connectivity index (χ0v) is 11.0. The van der Waals surface area contributed by atoms with Crippen molar-refractivity contribution in [2.24, 2.45) is 5.41 Å².